The third kappa shape index (κ3) is 3.05. The molecule has 104 valence electrons. The Morgan fingerprint density at radius 3 is 1.80 bits per heavy atom. The first kappa shape index (κ1) is 12.9. The van der Waals surface area contributed by atoms with Crippen LogP contribution in [0, 0.1) is 0 Å². The second-order valence-electron chi connectivity index (χ2n) is 4.70. The molecule has 0 radical (unpaired) electrons. The molecular weight excluding hydrogens is 252 g/mol. The molecule has 0 fully saturated rings. The van der Waals surface area contributed by atoms with Gasteiger partial charge in [0.05, 0.1) is 6.61 Å². The van der Waals surface area contributed by atoms with Gasteiger partial charge in [-0.1, -0.05) is 30.3 Å². The Morgan fingerprint density at radius 1 is 0.600 bits per heavy atom. The average Bonchev–Trinajstić information content (AvgIpc) is 2.56. The quantitative estimate of drug-likeness (QED) is 0.733. The second-order valence-corrected chi connectivity index (χ2v) is 4.70. The summed E-state index contributed by atoms with van der Waals surface area (Å²) in [5.41, 5.74) is 1.36. The van der Waals surface area contributed by atoms with E-state index in [4.69, 9.17) is 14.2 Å². The molecule has 0 saturated carbocycles. The minimum Gasteiger partial charge on any atom is -0.493 e. The molecule has 0 atom stereocenters. The summed E-state index contributed by atoms with van der Waals surface area (Å²) in [5.74, 6) is 2.79. The molecule has 20 heavy (non-hydrogen) atoms. The van der Waals surface area contributed by atoms with E-state index in [2.05, 4.69) is 12.1 Å². The van der Waals surface area contributed by atoms with Crippen molar-refractivity contribution in [2.45, 2.75) is 12.8 Å². The van der Waals surface area contributed by atoms with Crippen LogP contribution in [-0.2, 0) is 6.42 Å². The van der Waals surface area contributed by atoms with Crippen molar-refractivity contribution in [1.82, 2.24) is 0 Å². The van der Waals surface area contributed by atoms with Crippen LogP contribution in [-0.4, -0.2) is 19.8 Å². The molecule has 0 N–H and O–H groups in total. The minimum atomic E-state index is 0.664. The predicted octanol–water partition coefficient (Wildman–Crippen LogP) is 3.47. The number of para-hydroxylation sites is 3. The van der Waals surface area contributed by atoms with Gasteiger partial charge in [0.15, 0.2) is 11.5 Å². The molecule has 4 rings (SSSR count). The smallest absolute Gasteiger partial charge is 0.161 e. The van der Waals surface area contributed by atoms with Crippen LogP contribution in [0.5, 0.6) is 17.2 Å². The van der Waals surface area contributed by atoms with E-state index in [0.717, 1.165) is 30.3 Å². The van der Waals surface area contributed by atoms with Gasteiger partial charge in [-0.25, -0.2) is 0 Å². The average molecular weight is 270 g/mol. The van der Waals surface area contributed by atoms with Crippen molar-refractivity contribution in [3.8, 4) is 17.2 Å². The van der Waals surface area contributed by atoms with Crippen LogP contribution in [0.4, 0.5) is 0 Å². The molecular formula is C17H18O3. The first-order valence-electron chi connectivity index (χ1n) is 6.99. The number of fused-ring (bicyclic) bond motifs is 2. The van der Waals surface area contributed by atoms with Crippen LogP contribution in [0.25, 0.3) is 0 Å². The molecule has 0 saturated heterocycles. The van der Waals surface area contributed by atoms with Gasteiger partial charge in [0.25, 0.3) is 0 Å². The fourth-order valence-electron chi connectivity index (χ4n) is 2.29. The fraction of sp³-hybridized carbons (Fsp3) is 0.294. The minimum absolute atomic E-state index is 0.664. The van der Waals surface area contributed by atoms with Gasteiger partial charge in [-0.3, -0.25) is 0 Å². The zero-order chi connectivity index (χ0) is 13.6. The summed E-state index contributed by atoms with van der Waals surface area (Å²) in [6, 6.07) is 15.9. The molecule has 2 heterocycles. The highest BCUT2D eigenvalue weighted by atomic mass is 16.6. The second kappa shape index (κ2) is 6.33. The van der Waals surface area contributed by atoms with Gasteiger partial charge in [0, 0.05) is 0 Å². The highest BCUT2D eigenvalue weighted by molar-refractivity contribution is 5.40. The molecule has 3 nitrogen and oxygen atoms in total. The number of aryl methyl sites for hydroxylation is 1. The standard InChI is InChI=1S/C9H10O.C8H8O2/c1-2-6-9-8(4-1)5-3-7-10-9;1-2-4-8-7(3-1)9-5-6-10-8/h1-2,4,6H,3,5,7H2;1-4H,5-6H2. The van der Waals surface area contributed by atoms with Crippen molar-refractivity contribution in [3.05, 3.63) is 54.1 Å². The van der Waals surface area contributed by atoms with Gasteiger partial charge >= 0.3 is 0 Å². The number of rotatable bonds is 0. The van der Waals surface area contributed by atoms with Crippen molar-refractivity contribution in [2.75, 3.05) is 19.8 Å². The Balaban J connectivity index is 0.000000121. The van der Waals surface area contributed by atoms with E-state index < -0.39 is 0 Å². The summed E-state index contributed by atoms with van der Waals surface area (Å²) in [6.45, 7) is 2.21. The largest absolute Gasteiger partial charge is 0.493 e. The fourth-order valence-corrected chi connectivity index (χ4v) is 2.29. The van der Waals surface area contributed by atoms with E-state index in [1.54, 1.807) is 0 Å². The highest BCUT2D eigenvalue weighted by Gasteiger charge is 2.08. The van der Waals surface area contributed by atoms with E-state index in [-0.39, 0.29) is 0 Å². The number of hydrogen-bond donors (Lipinski definition) is 0. The zero-order valence-electron chi connectivity index (χ0n) is 11.4. The Kier molecular flexibility index (Phi) is 4.07. The summed E-state index contributed by atoms with van der Waals surface area (Å²) >= 11 is 0. The normalized spacial score (nSPS) is 15.2. The van der Waals surface area contributed by atoms with Gasteiger partial charge < -0.3 is 14.2 Å². The van der Waals surface area contributed by atoms with Crippen LogP contribution in [0.1, 0.15) is 12.0 Å². The lowest BCUT2D eigenvalue weighted by molar-refractivity contribution is 0.171. The summed E-state index contributed by atoms with van der Waals surface area (Å²) in [5, 5.41) is 0. The number of hydrogen-bond acceptors (Lipinski definition) is 3. The third-order valence-corrected chi connectivity index (χ3v) is 3.27. The monoisotopic (exact) mass is 270 g/mol. The molecule has 0 unspecified atom stereocenters. The van der Waals surface area contributed by atoms with Gasteiger partial charge in [-0.15, -0.1) is 0 Å². The molecule has 0 aromatic heterocycles. The Labute approximate surface area is 119 Å². The molecule has 2 aromatic rings. The lowest BCUT2D eigenvalue weighted by Gasteiger charge is -2.17. The Bertz CT molecular complexity index is 464. The third-order valence-electron chi connectivity index (χ3n) is 3.27. The number of benzene rings is 2. The predicted molar refractivity (Wildman–Crippen MR) is 77.7 cm³/mol. The maximum absolute atomic E-state index is 5.42. The van der Waals surface area contributed by atoms with Gasteiger partial charge in [0.2, 0.25) is 0 Å². The van der Waals surface area contributed by atoms with E-state index in [0.29, 0.717) is 13.2 Å². The zero-order valence-corrected chi connectivity index (χ0v) is 11.4. The van der Waals surface area contributed by atoms with Crippen LogP contribution in [0.3, 0.4) is 0 Å². The van der Waals surface area contributed by atoms with Crippen molar-refractivity contribution in [2.24, 2.45) is 0 Å². The van der Waals surface area contributed by atoms with Crippen molar-refractivity contribution < 1.29 is 14.2 Å². The van der Waals surface area contributed by atoms with Gasteiger partial charge in [0.1, 0.15) is 19.0 Å². The van der Waals surface area contributed by atoms with Crippen LogP contribution in [0.15, 0.2) is 48.5 Å². The Morgan fingerprint density at radius 2 is 1.15 bits per heavy atom. The van der Waals surface area contributed by atoms with Crippen molar-refractivity contribution in [1.29, 1.82) is 0 Å². The summed E-state index contributed by atoms with van der Waals surface area (Å²) in [4.78, 5) is 0. The first-order chi connectivity index (χ1) is 9.93. The molecule has 3 heteroatoms. The number of ether oxygens (including phenoxy) is 3. The molecule has 2 aliphatic rings. The topological polar surface area (TPSA) is 27.7 Å². The highest BCUT2D eigenvalue weighted by Crippen LogP contribution is 2.28. The molecule has 0 spiro atoms. The van der Waals surface area contributed by atoms with Crippen LogP contribution < -0.4 is 14.2 Å². The maximum atomic E-state index is 5.42. The van der Waals surface area contributed by atoms with Crippen LogP contribution in [0.2, 0.25) is 0 Å². The Hall–Kier alpha value is -2.16. The SMILES string of the molecule is c1ccc2c(c1)CCCO2.c1ccc2c(c1)OCCO2. The molecule has 0 bridgehead atoms. The van der Waals surface area contributed by atoms with Gasteiger partial charge in [-0.05, 0) is 36.6 Å². The first-order valence-corrected chi connectivity index (χ1v) is 6.99. The van der Waals surface area contributed by atoms with Crippen molar-refractivity contribution >= 4 is 0 Å². The summed E-state index contributed by atoms with van der Waals surface area (Å²) in [6.07, 6.45) is 2.34. The van der Waals surface area contributed by atoms with Crippen LogP contribution >= 0.6 is 0 Å². The summed E-state index contributed by atoms with van der Waals surface area (Å²) < 4.78 is 16.0. The summed E-state index contributed by atoms with van der Waals surface area (Å²) in [7, 11) is 0. The lowest BCUT2D eigenvalue weighted by Crippen LogP contribution is -2.14. The molecule has 2 aliphatic heterocycles. The van der Waals surface area contributed by atoms with E-state index in [1.165, 1.54) is 12.0 Å². The molecule has 0 aliphatic carbocycles. The molecule has 0 amide bonds. The van der Waals surface area contributed by atoms with E-state index in [9.17, 15) is 0 Å². The lowest BCUT2D eigenvalue weighted by atomic mass is 10.1. The van der Waals surface area contributed by atoms with Crippen molar-refractivity contribution in [3.63, 3.8) is 0 Å². The molecule has 2 aromatic carbocycles. The van der Waals surface area contributed by atoms with E-state index >= 15 is 0 Å². The maximum Gasteiger partial charge on any atom is 0.161 e. The van der Waals surface area contributed by atoms with Gasteiger partial charge in [-0.2, -0.15) is 0 Å². The van der Waals surface area contributed by atoms with E-state index in [1.807, 2.05) is 36.4 Å².